The van der Waals surface area contributed by atoms with Crippen molar-refractivity contribution in [1.82, 2.24) is 19.7 Å². The van der Waals surface area contributed by atoms with Crippen LogP contribution in [0, 0.1) is 12.8 Å². The van der Waals surface area contributed by atoms with E-state index in [4.69, 9.17) is 9.72 Å². The van der Waals surface area contributed by atoms with Gasteiger partial charge in [0.2, 0.25) is 5.88 Å². The number of fused-ring (bicyclic) bond motifs is 2. The number of ether oxygens (including phenoxy) is 1. The van der Waals surface area contributed by atoms with Gasteiger partial charge in [-0.1, -0.05) is 19.9 Å². The Morgan fingerprint density at radius 2 is 2.07 bits per heavy atom. The number of hydrogen-bond acceptors (Lipinski definition) is 6. The average Bonchev–Trinajstić information content (AvgIpc) is 3.27. The van der Waals surface area contributed by atoms with E-state index in [1.807, 2.05) is 0 Å². The molecule has 0 spiro atoms. The SMILES string of the molecule is CSc1ccc2cc(CNCc3cn4c(C)csc4n3)c(OCC(C)C)nc2c1. The predicted molar refractivity (Wildman–Crippen MR) is 122 cm³/mol. The molecular formula is C22H26N4OS2. The standard InChI is InChI=1S/C22H26N4OS2/c1-14(2)12-27-21-17(7-16-5-6-19(28-4)8-20(16)25-21)9-23-10-18-11-26-15(3)13-29-22(26)24-18/h5-8,11,13-14,23H,9-10,12H2,1-4H3. The first kappa shape index (κ1) is 20.2. The van der Waals surface area contributed by atoms with Gasteiger partial charge in [-0.2, -0.15) is 0 Å². The van der Waals surface area contributed by atoms with Crippen molar-refractivity contribution in [1.29, 1.82) is 0 Å². The van der Waals surface area contributed by atoms with Crippen molar-refractivity contribution in [3.05, 3.63) is 52.8 Å². The molecule has 3 heterocycles. The summed E-state index contributed by atoms with van der Waals surface area (Å²) in [7, 11) is 0. The molecule has 1 N–H and O–H groups in total. The molecule has 29 heavy (non-hydrogen) atoms. The second kappa shape index (κ2) is 8.73. The Labute approximate surface area is 179 Å². The quantitative estimate of drug-likeness (QED) is 0.388. The van der Waals surface area contributed by atoms with E-state index in [1.54, 1.807) is 23.1 Å². The molecule has 0 radical (unpaired) electrons. The number of aromatic nitrogens is 3. The molecule has 0 saturated carbocycles. The fraction of sp³-hybridized carbons (Fsp3) is 0.364. The summed E-state index contributed by atoms with van der Waals surface area (Å²) in [6.45, 7) is 8.45. The molecular weight excluding hydrogens is 400 g/mol. The maximum atomic E-state index is 6.06. The molecule has 0 aliphatic heterocycles. The largest absolute Gasteiger partial charge is 0.477 e. The maximum absolute atomic E-state index is 6.06. The molecule has 0 bridgehead atoms. The van der Waals surface area contributed by atoms with Crippen molar-refractivity contribution in [3.63, 3.8) is 0 Å². The number of rotatable bonds is 8. The third kappa shape index (κ3) is 4.57. The topological polar surface area (TPSA) is 51.5 Å². The summed E-state index contributed by atoms with van der Waals surface area (Å²) in [5.74, 6) is 1.17. The first-order chi connectivity index (χ1) is 14.0. The van der Waals surface area contributed by atoms with Crippen molar-refractivity contribution >= 4 is 39.0 Å². The van der Waals surface area contributed by atoms with Crippen LogP contribution in [0.4, 0.5) is 0 Å². The highest BCUT2D eigenvalue weighted by Gasteiger charge is 2.11. The number of thiazole rings is 1. The van der Waals surface area contributed by atoms with E-state index in [9.17, 15) is 0 Å². The number of nitrogens with zero attached hydrogens (tertiary/aromatic N) is 3. The Hall–Kier alpha value is -2.09. The zero-order valence-electron chi connectivity index (χ0n) is 17.2. The van der Waals surface area contributed by atoms with Crippen LogP contribution < -0.4 is 10.1 Å². The van der Waals surface area contributed by atoms with Gasteiger partial charge in [0, 0.05) is 46.2 Å². The molecule has 0 aliphatic rings. The van der Waals surface area contributed by atoms with Crippen molar-refractivity contribution in [2.45, 2.75) is 38.8 Å². The van der Waals surface area contributed by atoms with Gasteiger partial charge in [0.15, 0.2) is 4.96 Å². The van der Waals surface area contributed by atoms with E-state index in [0.29, 0.717) is 25.6 Å². The minimum absolute atomic E-state index is 0.451. The van der Waals surface area contributed by atoms with Crippen molar-refractivity contribution < 1.29 is 4.74 Å². The first-order valence-corrected chi connectivity index (χ1v) is 11.9. The molecule has 5 nitrogen and oxygen atoms in total. The first-order valence-electron chi connectivity index (χ1n) is 9.76. The van der Waals surface area contributed by atoms with Gasteiger partial charge in [-0.25, -0.2) is 9.97 Å². The summed E-state index contributed by atoms with van der Waals surface area (Å²) in [6, 6.07) is 8.58. The lowest BCUT2D eigenvalue weighted by atomic mass is 10.1. The van der Waals surface area contributed by atoms with E-state index >= 15 is 0 Å². The predicted octanol–water partition coefficient (Wildman–Crippen LogP) is 5.30. The summed E-state index contributed by atoms with van der Waals surface area (Å²) in [5.41, 5.74) is 4.32. The fourth-order valence-electron chi connectivity index (χ4n) is 3.15. The zero-order chi connectivity index (χ0) is 20.4. The highest BCUT2D eigenvalue weighted by atomic mass is 32.2. The molecule has 0 unspecified atom stereocenters. The molecule has 1 aromatic carbocycles. The fourth-order valence-corrected chi connectivity index (χ4v) is 4.45. The van der Waals surface area contributed by atoms with Crippen LogP contribution in [0.15, 0.2) is 40.7 Å². The highest BCUT2D eigenvalue weighted by Crippen LogP contribution is 2.26. The molecule has 0 fully saturated rings. The Balaban J connectivity index is 1.53. The molecule has 3 aromatic heterocycles. The van der Waals surface area contributed by atoms with Gasteiger partial charge in [0.05, 0.1) is 17.8 Å². The lowest BCUT2D eigenvalue weighted by Gasteiger charge is -2.14. The Bertz CT molecular complexity index is 1130. The number of nitrogens with one attached hydrogen (secondary N) is 1. The van der Waals surface area contributed by atoms with Crippen LogP contribution >= 0.6 is 23.1 Å². The summed E-state index contributed by atoms with van der Waals surface area (Å²) >= 11 is 3.40. The number of imidazole rings is 1. The lowest BCUT2D eigenvalue weighted by Crippen LogP contribution is -2.15. The molecule has 4 aromatic rings. The van der Waals surface area contributed by atoms with E-state index in [2.05, 4.69) is 77.6 Å². The molecule has 0 atom stereocenters. The zero-order valence-corrected chi connectivity index (χ0v) is 18.9. The van der Waals surface area contributed by atoms with Crippen molar-refractivity contribution in [2.75, 3.05) is 12.9 Å². The summed E-state index contributed by atoms with van der Waals surface area (Å²) in [5, 5.41) is 6.77. The minimum Gasteiger partial charge on any atom is -0.477 e. The van der Waals surface area contributed by atoms with Gasteiger partial charge in [-0.05, 0) is 37.3 Å². The maximum Gasteiger partial charge on any atom is 0.218 e. The molecule has 7 heteroatoms. The smallest absolute Gasteiger partial charge is 0.218 e. The van der Waals surface area contributed by atoms with E-state index in [1.165, 1.54) is 10.6 Å². The second-order valence-corrected chi connectivity index (χ2v) is 9.30. The van der Waals surface area contributed by atoms with E-state index in [0.717, 1.165) is 33.0 Å². The number of pyridine rings is 1. The Morgan fingerprint density at radius 3 is 2.83 bits per heavy atom. The van der Waals surface area contributed by atoms with Gasteiger partial charge in [-0.3, -0.25) is 4.40 Å². The number of hydrogen-bond donors (Lipinski definition) is 1. The van der Waals surface area contributed by atoms with Crippen LogP contribution in [0.5, 0.6) is 5.88 Å². The van der Waals surface area contributed by atoms with Gasteiger partial charge in [0.1, 0.15) is 0 Å². The second-order valence-electron chi connectivity index (χ2n) is 7.58. The molecule has 0 saturated heterocycles. The lowest BCUT2D eigenvalue weighted by molar-refractivity contribution is 0.259. The molecule has 0 amide bonds. The van der Waals surface area contributed by atoms with Crippen LogP contribution in [-0.4, -0.2) is 27.2 Å². The van der Waals surface area contributed by atoms with E-state index in [-0.39, 0.29) is 0 Å². The molecule has 0 aliphatic carbocycles. The van der Waals surface area contributed by atoms with Crippen LogP contribution in [0.25, 0.3) is 15.9 Å². The third-order valence-corrected chi connectivity index (χ3v) is 6.36. The van der Waals surface area contributed by atoms with Crippen LogP contribution in [-0.2, 0) is 13.1 Å². The van der Waals surface area contributed by atoms with Gasteiger partial charge in [0.25, 0.3) is 0 Å². The van der Waals surface area contributed by atoms with Crippen molar-refractivity contribution in [2.24, 2.45) is 5.92 Å². The minimum atomic E-state index is 0.451. The number of thioether (sulfide) groups is 1. The van der Waals surface area contributed by atoms with Crippen LogP contribution in [0.1, 0.15) is 30.8 Å². The molecule has 152 valence electrons. The van der Waals surface area contributed by atoms with Crippen molar-refractivity contribution in [3.8, 4) is 5.88 Å². The number of aryl methyl sites for hydroxylation is 1. The Morgan fingerprint density at radius 1 is 1.21 bits per heavy atom. The van der Waals surface area contributed by atoms with Gasteiger partial charge >= 0.3 is 0 Å². The summed E-state index contributed by atoms with van der Waals surface area (Å²) < 4.78 is 8.20. The average molecular weight is 427 g/mol. The Kier molecular flexibility index (Phi) is 6.08. The van der Waals surface area contributed by atoms with Gasteiger partial charge < -0.3 is 10.1 Å². The monoisotopic (exact) mass is 426 g/mol. The summed E-state index contributed by atoms with van der Waals surface area (Å²) in [4.78, 5) is 11.8. The van der Waals surface area contributed by atoms with Crippen LogP contribution in [0.3, 0.4) is 0 Å². The normalized spacial score (nSPS) is 11.8. The highest BCUT2D eigenvalue weighted by molar-refractivity contribution is 7.98. The number of benzene rings is 1. The third-order valence-electron chi connectivity index (χ3n) is 4.68. The summed E-state index contributed by atoms with van der Waals surface area (Å²) in [6.07, 6.45) is 4.18. The van der Waals surface area contributed by atoms with Crippen LogP contribution in [0.2, 0.25) is 0 Å². The van der Waals surface area contributed by atoms with Gasteiger partial charge in [-0.15, -0.1) is 23.1 Å². The van der Waals surface area contributed by atoms with E-state index < -0.39 is 0 Å². The molecule has 4 rings (SSSR count).